The molecule has 0 spiro atoms. The number of hydrogen-bond donors (Lipinski definition) is 2. The predicted octanol–water partition coefficient (Wildman–Crippen LogP) is 3.60. The summed E-state index contributed by atoms with van der Waals surface area (Å²) < 4.78 is 28.7. The van der Waals surface area contributed by atoms with Crippen molar-refractivity contribution in [2.75, 3.05) is 6.54 Å². The molecule has 0 bridgehead atoms. The summed E-state index contributed by atoms with van der Waals surface area (Å²) in [7, 11) is 0. The molecule has 1 aliphatic rings. The van der Waals surface area contributed by atoms with E-state index in [0.717, 1.165) is 54.0 Å². The largest absolute Gasteiger partial charge is 0.356 e. The van der Waals surface area contributed by atoms with Gasteiger partial charge in [0.1, 0.15) is 17.5 Å². The second kappa shape index (κ2) is 7.88. The average molecular weight is 402 g/mol. The first-order chi connectivity index (χ1) is 14.0. The number of amides is 1. The van der Waals surface area contributed by atoms with E-state index in [2.05, 4.69) is 32.2 Å². The molecule has 2 N–H and O–H groups in total. The van der Waals surface area contributed by atoms with E-state index in [-0.39, 0.29) is 5.92 Å². The third-order valence-corrected chi connectivity index (χ3v) is 5.68. The Bertz CT molecular complexity index is 1020. The van der Waals surface area contributed by atoms with Gasteiger partial charge in [-0.1, -0.05) is 11.3 Å². The molecule has 1 aliphatic carbocycles. The lowest BCUT2D eigenvalue weighted by Crippen LogP contribution is -2.34. The van der Waals surface area contributed by atoms with Gasteiger partial charge in [0.25, 0.3) is 5.92 Å². The quantitative estimate of drug-likeness (QED) is 0.591. The van der Waals surface area contributed by atoms with Crippen molar-refractivity contribution in [3.8, 4) is 0 Å². The first kappa shape index (κ1) is 19.5. The van der Waals surface area contributed by atoms with Crippen LogP contribution in [0.2, 0.25) is 0 Å². The van der Waals surface area contributed by atoms with E-state index in [1.54, 1.807) is 10.8 Å². The summed E-state index contributed by atoms with van der Waals surface area (Å²) in [5.74, 6) is -3.06. The lowest BCUT2D eigenvalue weighted by Gasteiger charge is -2.28. The lowest BCUT2D eigenvalue weighted by molar-refractivity contribution is -0.128. The van der Waals surface area contributed by atoms with Gasteiger partial charge in [0, 0.05) is 30.5 Å². The van der Waals surface area contributed by atoms with Gasteiger partial charge in [0.15, 0.2) is 0 Å². The number of carbonyl (C=O) groups is 1. The number of nitrogens with one attached hydrogen (secondary N) is 2. The molecule has 9 heteroatoms. The number of alkyl halides is 2. The van der Waals surface area contributed by atoms with Crippen molar-refractivity contribution in [2.45, 2.75) is 50.4 Å². The van der Waals surface area contributed by atoms with E-state index in [1.165, 1.54) is 0 Å². The number of H-pyrrole nitrogens is 1. The van der Waals surface area contributed by atoms with Crippen LogP contribution in [0.5, 0.6) is 0 Å². The maximum atomic E-state index is 13.5. The molecule has 0 unspecified atom stereocenters. The summed E-state index contributed by atoms with van der Waals surface area (Å²) >= 11 is 0. The van der Waals surface area contributed by atoms with Crippen molar-refractivity contribution < 1.29 is 13.6 Å². The summed E-state index contributed by atoms with van der Waals surface area (Å²) in [6.45, 7) is 3.74. The highest BCUT2D eigenvalue weighted by Crippen LogP contribution is 2.37. The fourth-order valence-electron chi connectivity index (χ4n) is 4.17. The number of aromatic nitrogens is 5. The Balaban J connectivity index is 1.34. The monoisotopic (exact) mass is 402 g/mol. The minimum absolute atomic E-state index is 0.289. The van der Waals surface area contributed by atoms with Gasteiger partial charge >= 0.3 is 0 Å². The van der Waals surface area contributed by atoms with Gasteiger partial charge < -0.3 is 10.3 Å². The fraction of sp³-hybridized carbons (Fsp3) is 0.500. The van der Waals surface area contributed by atoms with Gasteiger partial charge in [0.05, 0.1) is 12.1 Å². The number of allylic oxidation sites excluding steroid dienone is 1. The van der Waals surface area contributed by atoms with Crippen LogP contribution in [0.3, 0.4) is 0 Å². The molecule has 154 valence electrons. The molecule has 0 aromatic carbocycles. The molecule has 0 atom stereocenters. The van der Waals surface area contributed by atoms with Crippen LogP contribution in [0, 0.1) is 5.92 Å². The normalized spacial score (nSPS) is 20.2. The van der Waals surface area contributed by atoms with Gasteiger partial charge in [-0.15, -0.1) is 11.7 Å². The Labute approximate surface area is 166 Å². The SMILES string of the molecule is C=CCC(F)(F)CC(=O)NCC1CCC(c2nnn3cnc4[nH]ccc4c23)CC1. The zero-order valence-electron chi connectivity index (χ0n) is 16.1. The van der Waals surface area contributed by atoms with Crippen LogP contribution in [-0.4, -0.2) is 43.2 Å². The Morgan fingerprint density at radius 2 is 2.17 bits per heavy atom. The highest BCUT2D eigenvalue weighted by molar-refractivity contribution is 5.92. The van der Waals surface area contributed by atoms with Crippen LogP contribution in [0.25, 0.3) is 16.6 Å². The third-order valence-electron chi connectivity index (χ3n) is 5.68. The smallest absolute Gasteiger partial charge is 0.260 e. The number of aromatic amines is 1. The lowest BCUT2D eigenvalue weighted by atomic mass is 9.80. The number of carbonyl (C=O) groups excluding carboxylic acids is 1. The van der Waals surface area contributed by atoms with Crippen molar-refractivity contribution in [3.63, 3.8) is 0 Å². The molecule has 0 radical (unpaired) electrons. The number of halogens is 2. The molecule has 0 saturated heterocycles. The van der Waals surface area contributed by atoms with Crippen LogP contribution in [0.4, 0.5) is 8.78 Å². The zero-order chi connectivity index (χ0) is 20.4. The molecule has 7 nitrogen and oxygen atoms in total. The van der Waals surface area contributed by atoms with E-state index < -0.39 is 24.7 Å². The average Bonchev–Trinajstić information content (AvgIpc) is 3.32. The zero-order valence-corrected chi connectivity index (χ0v) is 16.1. The summed E-state index contributed by atoms with van der Waals surface area (Å²) in [6, 6.07) is 1.98. The molecule has 1 saturated carbocycles. The van der Waals surface area contributed by atoms with E-state index in [1.807, 2.05) is 12.3 Å². The topological polar surface area (TPSA) is 88.0 Å². The van der Waals surface area contributed by atoms with E-state index >= 15 is 0 Å². The number of rotatable bonds is 7. The van der Waals surface area contributed by atoms with Crippen molar-refractivity contribution in [3.05, 3.63) is 36.9 Å². The third kappa shape index (κ3) is 4.13. The molecule has 1 fully saturated rings. The van der Waals surface area contributed by atoms with Crippen molar-refractivity contribution in [2.24, 2.45) is 5.92 Å². The highest BCUT2D eigenvalue weighted by Gasteiger charge is 2.31. The van der Waals surface area contributed by atoms with Gasteiger partial charge in [-0.05, 0) is 37.7 Å². The van der Waals surface area contributed by atoms with Gasteiger partial charge in [-0.3, -0.25) is 4.79 Å². The molecule has 0 aliphatic heterocycles. The first-order valence-corrected chi connectivity index (χ1v) is 9.89. The second-order valence-corrected chi connectivity index (χ2v) is 7.80. The van der Waals surface area contributed by atoms with Crippen LogP contribution in [0.1, 0.15) is 50.1 Å². The molecule has 3 aromatic heterocycles. The van der Waals surface area contributed by atoms with Crippen molar-refractivity contribution in [1.29, 1.82) is 0 Å². The van der Waals surface area contributed by atoms with E-state index in [4.69, 9.17) is 0 Å². The van der Waals surface area contributed by atoms with Crippen LogP contribution in [-0.2, 0) is 4.79 Å². The molecular formula is C20H24F2N6O. The molecule has 29 heavy (non-hydrogen) atoms. The van der Waals surface area contributed by atoms with Crippen LogP contribution in [0.15, 0.2) is 31.2 Å². The summed E-state index contributed by atoms with van der Waals surface area (Å²) in [5, 5.41) is 12.3. The van der Waals surface area contributed by atoms with Gasteiger partial charge in [0.2, 0.25) is 5.91 Å². The Hall–Kier alpha value is -2.84. The number of hydrogen-bond acceptors (Lipinski definition) is 4. The molecule has 4 rings (SSSR count). The van der Waals surface area contributed by atoms with Gasteiger partial charge in [-0.2, -0.15) is 0 Å². The Morgan fingerprint density at radius 3 is 2.93 bits per heavy atom. The Morgan fingerprint density at radius 1 is 1.38 bits per heavy atom. The molecule has 3 heterocycles. The number of fused-ring (bicyclic) bond motifs is 3. The highest BCUT2D eigenvalue weighted by atomic mass is 19.3. The van der Waals surface area contributed by atoms with Crippen molar-refractivity contribution >= 4 is 22.5 Å². The number of nitrogens with zero attached hydrogens (tertiary/aromatic N) is 4. The fourth-order valence-corrected chi connectivity index (χ4v) is 4.17. The second-order valence-electron chi connectivity index (χ2n) is 7.80. The first-order valence-electron chi connectivity index (χ1n) is 9.89. The minimum atomic E-state index is -3.03. The summed E-state index contributed by atoms with van der Waals surface area (Å²) in [4.78, 5) is 19.3. The molecular weight excluding hydrogens is 378 g/mol. The summed E-state index contributed by atoms with van der Waals surface area (Å²) in [6.07, 6.45) is 7.05. The van der Waals surface area contributed by atoms with E-state index in [0.29, 0.717) is 12.5 Å². The maximum Gasteiger partial charge on any atom is 0.260 e. The van der Waals surface area contributed by atoms with Crippen LogP contribution < -0.4 is 5.32 Å². The van der Waals surface area contributed by atoms with Gasteiger partial charge in [-0.25, -0.2) is 18.3 Å². The summed E-state index contributed by atoms with van der Waals surface area (Å²) in [5.41, 5.74) is 2.77. The van der Waals surface area contributed by atoms with Crippen molar-refractivity contribution in [1.82, 2.24) is 30.1 Å². The minimum Gasteiger partial charge on any atom is -0.356 e. The maximum absolute atomic E-state index is 13.5. The van der Waals surface area contributed by atoms with Crippen LogP contribution >= 0.6 is 0 Å². The molecule has 3 aromatic rings. The standard InChI is InChI=1S/C20H24F2N6O/c1-2-8-20(21,22)10-16(29)24-11-13-3-5-14(6-4-13)17-18-15-7-9-23-19(15)25-12-28(18)27-26-17/h2,7,9,12-14,23H,1,3-6,8,10-11H2,(H,24,29). The van der Waals surface area contributed by atoms with E-state index in [9.17, 15) is 13.6 Å². The predicted molar refractivity (Wildman–Crippen MR) is 105 cm³/mol. The Kier molecular flexibility index (Phi) is 5.29. The molecule has 1 amide bonds.